The number of fused-ring (bicyclic) bond motifs is 5. The molecule has 0 radical (unpaired) electrons. The molecule has 28 heteroatoms. The van der Waals surface area contributed by atoms with Crippen molar-refractivity contribution in [2.24, 2.45) is 22.7 Å². The van der Waals surface area contributed by atoms with Gasteiger partial charge >= 0.3 is 11.9 Å². The van der Waals surface area contributed by atoms with Crippen LogP contribution in [0.5, 0.6) is 0 Å². The van der Waals surface area contributed by atoms with Crippen molar-refractivity contribution in [2.75, 3.05) is 30.4 Å². The zero-order chi connectivity index (χ0) is 61.7. The van der Waals surface area contributed by atoms with Crippen molar-refractivity contribution in [1.29, 1.82) is 0 Å². The molecular formula is C56H59F4N7O14S3. The number of aliphatic hydroxyl groups excluding tert-OH is 1. The Bertz CT molecular complexity index is 3570. The number of hydrogen-bond acceptors (Lipinski definition) is 19. The van der Waals surface area contributed by atoms with Gasteiger partial charge in [-0.1, -0.05) is 13.0 Å². The second kappa shape index (κ2) is 23.3. The van der Waals surface area contributed by atoms with E-state index in [9.17, 15) is 59.9 Å². The summed E-state index contributed by atoms with van der Waals surface area (Å²) in [6, 6.07) is 3.86. The third-order valence-electron chi connectivity index (χ3n) is 15.9. The molecule has 3 amide bonds. The van der Waals surface area contributed by atoms with E-state index in [0.717, 1.165) is 42.9 Å². The number of rotatable bonds is 17. The minimum Gasteiger partial charge on any atom is -0.460 e. The average molecular weight is 1230 g/mol. The standard InChI is InChI=1S/C56H59F4N7O14S3/c1-52(2,3)80-45(71)11-10-41(66-44(70)27-61-46(72)32-17-30(33-23-62-50(63-24-33)83(6,76)77)16-31(18-32)34-25-64-51(65-26-34)84(7,78)79)47(73)67-42-19-29(8-9-39(42)58)48(74)81-55(49(75)82-28-57)15-13-36-37-21-40(59)38-20-35(68)12-14-53(38,4)56(37,60)43(69)22-54(36,55)5/h8-9,12,14,16-20,23-26,36-37,40-41,43,69H,10-11,13,15,21-22,27-28H2,1-7H3,(H,61,72)(H,66,70)(H,67,73)/t36-,37-,40-,41-,43-,53-,54-,55-,56-/m0/s1. The smallest absolute Gasteiger partial charge is 0.339 e. The number of ketones is 1. The van der Waals surface area contributed by atoms with E-state index in [-0.39, 0.29) is 58.0 Å². The van der Waals surface area contributed by atoms with Crippen LogP contribution in [0.2, 0.25) is 0 Å². The number of amides is 3. The first-order valence-electron chi connectivity index (χ1n) is 26.2. The van der Waals surface area contributed by atoms with Crippen LogP contribution in [0.25, 0.3) is 22.3 Å². The summed E-state index contributed by atoms with van der Waals surface area (Å²) < 4.78 is 124. The number of sulfone groups is 2. The SMILES string of the molecule is CC(C)(C)OC(=O)CC[C@H](NC(=O)CNC(=O)c1cc(-c2cnc(S(C)(=O)=O)nc2)cc(-c2cnc(S(C)(=O)=O)nc2)c1)C(=O)Nc1cc(C(=O)O[C@]2(C(=O)SCF)CC[C@H]3[C@@H]4C[C@H](F)C5=CC(=O)C=C[C@]5(C)[C@@]4(F)[C@@H](O)C[C@@]32C)ccc1F. The lowest BCUT2D eigenvalue weighted by atomic mass is 9.44. The van der Waals surface area contributed by atoms with Gasteiger partial charge < -0.3 is 30.5 Å². The number of anilines is 1. The predicted octanol–water partition coefficient (Wildman–Crippen LogP) is 5.92. The van der Waals surface area contributed by atoms with Crippen LogP contribution in [0.4, 0.5) is 23.2 Å². The highest BCUT2D eigenvalue weighted by atomic mass is 32.2. The molecule has 0 bridgehead atoms. The van der Waals surface area contributed by atoms with Crippen molar-refractivity contribution in [3.8, 4) is 22.3 Å². The van der Waals surface area contributed by atoms with Crippen LogP contribution in [-0.2, 0) is 53.1 Å². The molecule has 0 spiro atoms. The molecule has 0 saturated heterocycles. The summed E-state index contributed by atoms with van der Waals surface area (Å²) >= 11 is 0.166. The van der Waals surface area contributed by atoms with Crippen LogP contribution in [0, 0.1) is 28.5 Å². The largest absolute Gasteiger partial charge is 0.460 e. The lowest BCUT2D eigenvalue weighted by molar-refractivity contribution is -0.219. The fraction of sp³-hybridized carbons (Fsp3) is 0.446. The van der Waals surface area contributed by atoms with Crippen LogP contribution in [0.15, 0.2) is 95.3 Å². The van der Waals surface area contributed by atoms with Gasteiger partial charge in [0.2, 0.25) is 46.9 Å². The number of hydrogen-bond donors (Lipinski definition) is 4. The van der Waals surface area contributed by atoms with Crippen molar-refractivity contribution in [2.45, 2.75) is 119 Å². The number of thioether (sulfide) groups is 1. The lowest BCUT2D eigenvalue weighted by Gasteiger charge is -2.63. The zero-order valence-corrected chi connectivity index (χ0v) is 48.8. The van der Waals surface area contributed by atoms with E-state index in [2.05, 4.69) is 35.9 Å². The maximum Gasteiger partial charge on any atom is 0.339 e. The normalized spacial score (nSPS) is 25.9. The van der Waals surface area contributed by atoms with Gasteiger partial charge in [-0.2, -0.15) is 0 Å². The van der Waals surface area contributed by atoms with E-state index < -0.39 is 184 Å². The van der Waals surface area contributed by atoms with Crippen LogP contribution >= 0.6 is 11.8 Å². The van der Waals surface area contributed by atoms with Gasteiger partial charge in [0.05, 0.1) is 23.9 Å². The van der Waals surface area contributed by atoms with Gasteiger partial charge in [0, 0.05) is 77.2 Å². The highest BCUT2D eigenvalue weighted by molar-refractivity contribution is 8.13. The maximum atomic E-state index is 17.9. The molecule has 3 fully saturated rings. The third kappa shape index (κ3) is 12.3. The first-order valence-corrected chi connectivity index (χ1v) is 30.9. The Morgan fingerprint density at radius 1 is 0.869 bits per heavy atom. The quantitative estimate of drug-likeness (QED) is 0.0541. The minimum atomic E-state index is -3.80. The van der Waals surface area contributed by atoms with Gasteiger partial charge in [-0.25, -0.2) is 59.1 Å². The van der Waals surface area contributed by atoms with E-state index in [0.29, 0.717) is 0 Å². The molecule has 0 aliphatic heterocycles. The molecule has 448 valence electrons. The molecule has 21 nitrogen and oxygen atoms in total. The number of allylic oxidation sites excluding steroid dienone is 4. The molecule has 8 rings (SSSR count). The molecule has 4 aliphatic rings. The Kier molecular flexibility index (Phi) is 17.4. The Morgan fingerprint density at radius 2 is 1.46 bits per heavy atom. The van der Waals surface area contributed by atoms with Gasteiger partial charge in [0.1, 0.15) is 29.6 Å². The Morgan fingerprint density at radius 3 is 2.02 bits per heavy atom. The first-order chi connectivity index (χ1) is 39.1. The molecule has 84 heavy (non-hydrogen) atoms. The van der Waals surface area contributed by atoms with E-state index in [1.165, 1.54) is 62.9 Å². The van der Waals surface area contributed by atoms with Gasteiger partial charge in [-0.15, -0.1) is 0 Å². The number of carbonyl (C=O) groups excluding carboxylic acids is 7. The number of alkyl halides is 3. The Balaban J connectivity index is 1.02. The Hall–Kier alpha value is -7.30. The number of benzene rings is 2. The van der Waals surface area contributed by atoms with Gasteiger partial charge in [0.15, 0.2) is 17.1 Å². The molecular weight excluding hydrogens is 1170 g/mol. The summed E-state index contributed by atoms with van der Waals surface area (Å²) in [7, 11) is -7.61. The van der Waals surface area contributed by atoms with Crippen LogP contribution < -0.4 is 16.0 Å². The van der Waals surface area contributed by atoms with E-state index >= 15 is 13.2 Å². The second-order valence-corrected chi connectivity index (χ2v) is 27.3. The van der Waals surface area contributed by atoms with Gasteiger partial charge in [0.25, 0.3) is 5.91 Å². The summed E-state index contributed by atoms with van der Waals surface area (Å²) in [5, 5.41) is 17.0. The summed E-state index contributed by atoms with van der Waals surface area (Å²) in [5.41, 5.74) is -9.64. The number of halogens is 4. The van der Waals surface area contributed by atoms with Crippen molar-refractivity contribution < 1.29 is 82.5 Å². The highest BCUT2D eigenvalue weighted by Gasteiger charge is 2.76. The molecule has 0 unspecified atom stereocenters. The summed E-state index contributed by atoms with van der Waals surface area (Å²) in [5.74, 6) is -9.03. The topological polar surface area (TPSA) is 314 Å². The number of aromatic nitrogens is 4. The lowest BCUT2D eigenvalue weighted by Crippen LogP contribution is -2.70. The number of ether oxygens (including phenoxy) is 2. The molecule has 9 atom stereocenters. The molecule has 2 heterocycles. The molecule has 3 saturated carbocycles. The van der Waals surface area contributed by atoms with Crippen molar-refractivity contribution in [3.05, 3.63) is 102 Å². The van der Waals surface area contributed by atoms with E-state index in [4.69, 9.17) is 9.47 Å². The van der Waals surface area contributed by atoms with Crippen LogP contribution in [-0.4, -0.2) is 143 Å². The molecule has 2 aromatic carbocycles. The molecule has 4 N–H and O–H groups in total. The molecule has 2 aromatic heterocycles. The number of aliphatic hydroxyl groups is 1. The summed E-state index contributed by atoms with van der Waals surface area (Å²) in [6.45, 7) is 6.80. The van der Waals surface area contributed by atoms with E-state index in [1.807, 2.05) is 0 Å². The number of nitrogens with one attached hydrogen (secondary N) is 3. The van der Waals surface area contributed by atoms with Gasteiger partial charge in [-0.3, -0.25) is 28.8 Å². The summed E-state index contributed by atoms with van der Waals surface area (Å²) in [6.07, 6.45) is 3.83. The number of esters is 2. The van der Waals surface area contributed by atoms with E-state index in [1.54, 1.807) is 20.8 Å². The minimum absolute atomic E-state index is 0.0444. The number of nitrogens with zero attached hydrogens (tertiary/aromatic N) is 4. The highest BCUT2D eigenvalue weighted by Crippen LogP contribution is 2.71. The summed E-state index contributed by atoms with van der Waals surface area (Å²) in [4.78, 5) is 111. The predicted molar refractivity (Wildman–Crippen MR) is 294 cm³/mol. The van der Waals surface area contributed by atoms with Crippen molar-refractivity contribution in [1.82, 2.24) is 30.6 Å². The zero-order valence-electron chi connectivity index (χ0n) is 46.3. The first kappa shape index (κ1) is 62.7. The number of carbonyl (C=O) groups is 7. The maximum absolute atomic E-state index is 17.9. The fourth-order valence-electron chi connectivity index (χ4n) is 11.9. The second-order valence-electron chi connectivity index (χ2n) is 22.6. The Labute approximate surface area is 484 Å². The van der Waals surface area contributed by atoms with Gasteiger partial charge in [-0.05, 0) is 143 Å². The molecule has 4 aromatic rings. The fourth-order valence-corrected chi connectivity index (χ4v) is 13.6. The average Bonchev–Trinajstić information content (AvgIpc) is 1.26. The van der Waals surface area contributed by atoms with Crippen molar-refractivity contribution >= 4 is 77.7 Å². The molecule has 4 aliphatic carbocycles. The van der Waals surface area contributed by atoms with Crippen molar-refractivity contribution in [3.63, 3.8) is 0 Å². The monoisotopic (exact) mass is 1230 g/mol. The third-order valence-corrected chi connectivity index (χ3v) is 18.3. The van der Waals surface area contributed by atoms with Crippen LogP contribution in [0.1, 0.15) is 93.9 Å². The van der Waals surface area contributed by atoms with Crippen LogP contribution in [0.3, 0.4) is 0 Å².